The highest BCUT2D eigenvalue weighted by molar-refractivity contribution is 7.92. The lowest BCUT2D eigenvalue weighted by molar-refractivity contribution is -0.120. The van der Waals surface area contributed by atoms with Gasteiger partial charge in [0.2, 0.25) is 26.0 Å². The van der Waals surface area contributed by atoms with Crippen LogP contribution in [0, 0.1) is 5.92 Å². The molecule has 140 valence electrons. The summed E-state index contributed by atoms with van der Waals surface area (Å²) in [6.45, 7) is 0.588. The first-order valence-corrected chi connectivity index (χ1v) is 11.5. The normalized spacial score (nSPS) is 19.4. The van der Waals surface area contributed by atoms with Crippen LogP contribution in [0.1, 0.15) is 12.8 Å². The fraction of sp³-hybridized carbons (Fsp3) is 0.533. The largest absolute Gasteiger partial charge is 0.326 e. The van der Waals surface area contributed by atoms with Crippen LogP contribution in [-0.4, -0.2) is 59.7 Å². The first-order valence-electron chi connectivity index (χ1n) is 7.78. The molecular formula is C15H23N3O5S2. The molecule has 1 aliphatic rings. The van der Waals surface area contributed by atoms with Gasteiger partial charge in [-0.25, -0.2) is 21.1 Å². The van der Waals surface area contributed by atoms with Crippen LogP contribution in [0.4, 0.5) is 11.4 Å². The molecule has 0 spiro atoms. The average Bonchev–Trinajstić information content (AvgIpc) is 2.53. The number of anilines is 2. The third-order valence-corrected chi connectivity index (χ3v) is 6.67. The van der Waals surface area contributed by atoms with Gasteiger partial charge in [-0.2, -0.15) is 0 Å². The number of carbonyl (C=O) groups excluding carboxylic acids is 1. The van der Waals surface area contributed by atoms with Crippen LogP contribution >= 0.6 is 0 Å². The molecule has 1 atom stereocenters. The summed E-state index contributed by atoms with van der Waals surface area (Å²) in [5.41, 5.74) is 0.899. The summed E-state index contributed by atoms with van der Waals surface area (Å²) < 4.78 is 49.0. The zero-order chi connectivity index (χ0) is 18.8. The number of carbonyl (C=O) groups is 1. The van der Waals surface area contributed by atoms with Crippen molar-refractivity contribution in [2.24, 2.45) is 5.92 Å². The third-order valence-electron chi connectivity index (χ3n) is 4.20. The summed E-state index contributed by atoms with van der Waals surface area (Å²) in [5, 5.41) is 2.75. The van der Waals surface area contributed by atoms with Crippen molar-refractivity contribution >= 4 is 37.3 Å². The number of rotatable bonds is 5. The van der Waals surface area contributed by atoms with Crippen LogP contribution in [0.5, 0.6) is 0 Å². The molecule has 1 aliphatic heterocycles. The molecule has 1 heterocycles. The number of nitrogens with zero attached hydrogens (tertiary/aromatic N) is 2. The molecule has 0 aliphatic carbocycles. The standard InChI is InChI=1S/C15H23N3O5S2/c1-17(24(2,20)21)14-8-4-7-13(10-14)16-15(19)12-6-5-9-18(11-12)25(3,22)23/h4,7-8,10,12H,5-6,9,11H2,1-3H3,(H,16,19). The SMILES string of the molecule is CN(c1cccc(NC(=O)C2CCCN(S(C)(=O)=O)C2)c1)S(C)(=O)=O. The van der Waals surface area contributed by atoms with Crippen molar-refractivity contribution in [3.05, 3.63) is 24.3 Å². The Morgan fingerprint density at radius 1 is 1.24 bits per heavy atom. The van der Waals surface area contributed by atoms with Gasteiger partial charge in [0, 0.05) is 25.8 Å². The number of nitrogens with one attached hydrogen (secondary N) is 1. The van der Waals surface area contributed by atoms with Crippen LogP contribution < -0.4 is 9.62 Å². The number of hydrogen-bond acceptors (Lipinski definition) is 5. The minimum absolute atomic E-state index is 0.160. The van der Waals surface area contributed by atoms with E-state index in [2.05, 4.69) is 5.32 Å². The average molecular weight is 389 g/mol. The van der Waals surface area contributed by atoms with Crippen molar-refractivity contribution < 1.29 is 21.6 Å². The van der Waals surface area contributed by atoms with Crippen LogP contribution in [0.2, 0.25) is 0 Å². The zero-order valence-corrected chi connectivity index (χ0v) is 16.1. The van der Waals surface area contributed by atoms with Crippen molar-refractivity contribution in [1.82, 2.24) is 4.31 Å². The van der Waals surface area contributed by atoms with Gasteiger partial charge in [-0.1, -0.05) is 6.07 Å². The number of sulfonamides is 2. The van der Waals surface area contributed by atoms with Crippen molar-refractivity contribution in [2.75, 3.05) is 42.3 Å². The monoisotopic (exact) mass is 389 g/mol. The van der Waals surface area contributed by atoms with E-state index in [0.29, 0.717) is 30.8 Å². The van der Waals surface area contributed by atoms with Gasteiger partial charge in [-0.15, -0.1) is 0 Å². The molecule has 2 rings (SSSR count). The van der Waals surface area contributed by atoms with Gasteiger partial charge >= 0.3 is 0 Å². The van der Waals surface area contributed by atoms with Crippen LogP contribution in [0.25, 0.3) is 0 Å². The van der Waals surface area contributed by atoms with E-state index in [-0.39, 0.29) is 12.5 Å². The van der Waals surface area contributed by atoms with E-state index >= 15 is 0 Å². The Balaban J connectivity index is 2.11. The molecule has 0 saturated carbocycles. The highest BCUT2D eigenvalue weighted by Crippen LogP contribution is 2.23. The summed E-state index contributed by atoms with van der Waals surface area (Å²) in [6.07, 6.45) is 3.47. The fourth-order valence-corrected chi connectivity index (χ4v) is 4.08. The second-order valence-corrected chi connectivity index (χ2v) is 10.2. The molecule has 1 N–H and O–H groups in total. The van der Waals surface area contributed by atoms with E-state index < -0.39 is 26.0 Å². The molecule has 0 radical (unpaired) electrons. The maximum atomic E-state index is 12.5. The van der Waals surface area contributed by atoms with Crippen molar-refractivity contribution in [1.29, 1.82) is 0 Å². The fourth-order valence-electron chi connectivity index (χ4n) is 2.67. The second kappa shape index (κ2) is 7.30. The van der Waals surface area contributed by atoms with E-state index in [9.17, 15) is 21.6 Å². The molecule has 1 aromatic carbocycles. The highest BCUT2D eigenvalue weighted by atomic mass is 32.2. The molecule has 8 nitrogen and oxygen atoms in total. The third kappa shape index (κ3) is 5.16. The molecule has 0 aromatic heterocycles. The number of hydrogen-bond donors (Lipinski definition) is 1. The van der Waals surface area contributed by atoms with E-state index in [1.165, 1.54) is 11.4 Å². The highest BCUT2D eigenvalue weighted by Gasteiger charge is 2.30. The Morgan fingerprint density at radius 3 is 2.52 bits per heavy atom. The minimum atomic E-state index is -3.40. The van der Waals surface area contributed by atoms with Gasteiger partial charge < -0.3 is 5.32 Å². The Hall–Kier alpha value is -1.65. The van der Waals surface area contributed by atoms with Gasteiger partial charge in [0.1, 0.15) is 0 Å². The smallest absolute Gasteiger partial charge is 0.231 e. The van der Waals surface area contributed by atoms with Crippen molar-refractivity contribution in [2.45, 2.75) is 12.8 Å². The van der Waals surface area contributed by atoms with E-state index in [0.717, 1.165) is 16.8 Å². The Kier molecular flexibility index (Phi) is 5.75. The van der Waals surface area contributed by atoms with Gasteiger partial charge in [0.15, 0.2) is 0 Å². The van der Waals surface area contributed by atoms with Crippen molar-refractivity contribution in [3.63, 3.8) is 0 Å². The number of benzene rings is 1. The van der Waals surface area contributed by atoms with Crippen LogP contribution in [-0.2, 0) is 24.8 Å². The maximum Gasteiger partial charge on any atom is 0.231 e. The summed E-state index contributed by atoms with van der Waals surface area (Å²) in [5.74, 6) is -0.702. The van der Waals surface area contributed by atoms with Gasteiger partial charge in [-0.3, -0.25) is 9.10 Å². The predicted molar refractivity (Wildman–Crippen MR) is 97.5 cm³/mol. The molecule has 25 heavy (non-hydrogen) atoms. The Morgan fingerprint density at radius 2 is 1.92 bits per heavy atom. The summed E-state index contributed by atoms with van der Waals surface area (Å²) in [4.78, 5) is 12.5. The van der Waals surface area contributed by atoms with Gasteiger partial charge in [-0.05, 0) is 31.0 Å². The van der Waals surface area contributed by atoms with E-state index in [1.807, 2.05) is 0 Å². The van der Waals surface area contributed by atoms with E-state index in [1.54, 1.807) is 24.3 Å². The van der Waals surface area contributed by atoms with Gasteiger partial charge in [0.25, 0.3) is 0 Å². The molecular weight excluding hydrogens is 366 g/mol. The lowest BCUT2D eigenvalue weighted by Gasteiger charge is -2.30. The van der Waals surface area contributed by atoms with Crippen LogP contribution in [0.3, 0.4) is 0 Å². The lowest BCUT2D eigenvalue weighted by atomic mass is 9.98. The lowest BCUT2D eigenvalue weighted by Crippen LogP contribution is -2.43. The Bertz CT molecular complexity index is 852. The molecule has 1 amide bonds. The molecule has 1 fully saturated rings. The molecule has 1 aromatic rings. The first kappa shape index (κ1) is 19.7. The molecule has 0 bridgehead atoms. The Labute approximate surface area is 148 Å². The topological polar surface area (TPSA) is 104 Å². The van der Waals surface area contributed by atoms with E-state index in [4.69, 9.17) is 0 Å². The van der Waals surface area contributed by atoms with Crippen LogP contribution in [0.15, 0.2) is 24.3 Å². The second-order valence-electron chi connectivity index (χ2n) is 6.23. The van der Waals surface area contributed by atoms with Crippen molar-refractivity contribution in [3.8, 4) is 0 Å². The predicted octanol–water partition coefficient (Wildman–Crippen LogP) is 0.692. The maximum absolute atomic E-state index is 12.5. The molecule has 10 heteroatoms. The first-order chi connectivity index (χ1) is 11.5. The van der Waals surface area contributed by atoms with Gasteiger partial charge in [0.05, 0.1) is 24.1 Å². The quantitative estimate of drug-likeness (QED) is 0.798. The zero-order valence-electron chi connectivity index (χ0n) is 14.5. The molecule has 1 saturated heterocycles. The minimum Gasteiger partial charge on any atom is -0.326 e. The number of piperidine rings is 1. The summed E-state index contributed by atoms with van der Waals surface area (Å²) in [7, 11) is -5.29. The summed E-state index contributed by atoms with van der Waals surface area (Å²) in [6, 6.07) is 6.50. The number of amides is 1. The summed E-state index contributed by atoms with van der Waals surface area (Å²) >= 11 is 0. The molecule has 1 unspecified atom stereocenters.